The summed E-state index contributed by atoms with van der Waals surface area (Å²) in [4.78, 5) is 21.4. The number of carbonyl (C=O) groups excluding carboxylic acids is 1. The fourth-order valence-corrected chi connectivity index (χ4v) is 4.52. The quantitative estimate of drug-likeness (QED) is 0.474. The highest BCUT2D eigenvalue weighted by Gasteiger charge is 2.21. The Morgan fingerprint density at radius 1 is 1.11 bits per heavy atom. The summed E-state index contributed by atoms with van der Waals surface area (Å²) >= 11 is 0. The molecule has 1 atom stereocenters. The lowest BCUT2D eigenvalue weighted by molar-refractivity contribution is -0.137. The largest absolute Gasteiger partial charge is 0.490 e. The van der Waals surface area contributed by atoms with Crippen LogP contribution in [0, 0.1) is 0 Å². The Kier molecular flexibility index (Phi) is 10.4. The minimum absolute atomic E-state index is 0.0135. The van der Waals surface area contributed by atoms with Crippen molar-refractivity contribution in [1.29, 1.82) is 0 Å². The van der Waals surface area contributed by atoms with Crippen molar-refractivity contribution in [3.63, 3.8) is 0 Å². The Morgan fingerprint density at radius 3 is 2.47 bits per heavy atom. The van der Waals surface area contributed by atoms with Gasteiger partial charge in [0, 0.05) is 44.5 Å². The van der Waals surface area contributed by atoms with Crippen molar-refractivity contribution < 1.29 is 19.0 Å². The molecule has 0 radical (unpaired) electrons. The number of benzene rings is 1. The maximum Gasteiger partial charge on any atom is 0.260 e. The smallest absolute Gasteiger partial charge is 0.260 e. The van der Waals surface area contributed by atoms with Crippen LogP contribution >= 0.6 is 0 Å². The van der Waals surface area contributed by atoms with Crippen molar-refractivity contribution in [3.05, 3.63) is 47.7 Å². The molecule has 198 valence electrons. The van der Waals surface area contributed by atoms with Gasteiger partial charge in [0.05, 0.1) is 19.3 Å². The van der Waals surface area contributed by atoms with Crippen molar-refractivity contribution in [1.82, 2.24) is 15.2 Å². The maximum atomic E-state index is 12.7. The Bertz CT molecular complexity index is 957. The van der Waals surface area contributed by atoms with Gasteiger partial charge in [0.25, 0.3) is 5.91 Å². The Morgan fingerprint density at radius 2 is 1.83 bits per heavy atom. The fourth-order valence-electron chi connectivity index (χ4n) is 4.52. The third-order valence-corrected chi connectivity index (χ3v) is 6.09. The van der Waals surface area contributed by atoms with Crippen molar-refractivity contribution in [2.75, 3.05) is 37.8 Å². The van der Waals surface area contributed by atoms with Crippen LogP contribution in [-0.2, 0) is 22.6 Å². The highest BCUT2D eigenvalue weighted by atomic mass is 16.5. The molecular formula is C28H42N4O4. The molecule has 2 heterocycles. The number of amides is 1. The highest BCUT2D eigenvalue weighted by Crippen LogP contribution is 2.29. The summed E-state index contributed by atoms with van der Waals surface area (Å²) in [6.07, 6.45) is 2.16. The summed E-state index contributed by atoms with van der Waals surface area (Å²) in [5, 5.41) is 3.47. The van der Waals surface area contributed by atoms with Crippen molar-refractivity contribution in [3.8, 4) is 11.5 Å². The third kappa shape index (κ3) is 7.83. The molecule has 8 heteroatoms. The van der Waals surface area contributed by atoms with E-state index in [2.05, 4.69) is 34.3 Å². The lowest BCUT2D eigenvalue weighted by atomic mass is 10.2. The van der Waals surface area contributed by atoms with E-state index in [1.165, 1.54) is 0 Å². The minimum Gasteiger partial charge on any atom is -0.490 e. The molecule has 1 saturated heterocycles. The molecule has 1 amide bonds. The Balaban J connectivity index is 1.53. The van der Waals surface area contributed by atoms with Crippen LogP contribution in [0.1, 0.15) is 52.7 Å². The van der Waals surface area contributed by atoms with Gasteiger partial charge in [-0.05, 0) is 70.9 Å². The SMILES string of the molecule is CCOc1cc(CNCc2ccc(N3CCOC(C)C3)nc2)ccc1OCC(=O)N(C(C)C)C(C)C. The molecule has 0 spiro atoms. The normalized spacial score (nSPS) is 15.9. The van der Waals surface area contributed by atoms with E-state index in [1.54, 1.807) is 0 Å². The van der Waals surface area contributed by atoms with Crippen LogP contribution < -0.4 is 19.7 Å². The molecular weight excluding hydrogens is 456 g/mol. The summed E-state index contributed by atoms with van der Waals surface area (Å²) in [6, 6.07) is 10.3. The Labute approximate surface area is 215 Å². The predicted molar refractivity (Wildman–Crippen MR) is 143 cm³/mol. The molecule has 1 aromatic heterocycles. The van der Waals surface area contributed by atoms with Gasteiger partial charge in [-0.2, -0.15) is 0 Å². The first kappa shape index (κ1) is 27.7. The van der Waals surface area contributed by atoms with E-state index in [0.717, 1.165) is 36.6 Å². The molecule has 1 aliphatic heterocycles. The first-order chi connectivity index (χ1) is 17.3. The van der Waals surface area contributed by atoms with Crippen molar-refractivity contribution >= 4 is 11.7 Å². The fraction of sp³-hybridized carbons (Fsp3) is 0.571. The molecule has 0 saturated carbocycles. The zero-order valence-electron chi connectivity index (χ0n) is 22.6. The first-order valence-electron chi connectivity index (χ1n) is 13.0. The molecule has 1 aliphatic rings. The van der Waals surface area contributed by atoms with Crippen LogP contribution in [0.5, 0.6) is 11.5 Å². The maximum absolute atomic E-state index is 12.7. The van der Waals surface area contributed by atoms with Crippen LogP contribution in [0.2, 0.25) is 0 Å². The molecule has 8 nitrogen and oxygen atoms in total. The van der Waals surface area contributed by atoms with E-state index in [0.29, 0.717) is 31.2 Å². The van der Waals surface area contributed by atoms with E-state index in [9.17, 15) is 4.79 Å². The third-order valence-electron chi connectivity index (χ3n) is 6.09. The number of nitrogens with one attached hydrogen (secondary N) is 1. The van der Waals surface area contributed by atoms with Gasteiger partial charge in [0.15, 0.2) is 18.1 Å². The lowest BCUT2D eigenvalue weighted by Gasteiger charge is -2.32. The number of pyridine rings is 1. The first-order valence-corrected chi connectivity index (χ1v) is 13.0. The number of hydrogen-bond acceptors (Lipinski definition) is 7. The van der Waals surface area contributed by atoms with E-state index in [4.69, 9.17) is 14.2 Å². The average Bonchev–Trinajstić information content (AvgIpc) is 2.84. The van der Waals surface area contributed by atoms with Crippen LogP contribution in [0.15, 0.2) is 36.5 Å². The zero-order chi connectivity index (χ0) is 26.1. The topological polar surface area (TPSA) is 76.2 Å². The van der Waals surface area contributed by atoms with Gasteiger partial charge in [0.1, 0.15) is 5.82 Å². The number of ether oxygens (including phenoxy) is 3. The van der Waals surface area contributed by atoms with Gasteiger partial charge in [-0.3, -0.25) is 4.79 Å². The zero-order valence-corrected chi connectivity index (χ0v) is 22.6. The van der Waals surface area contributed by atoms with E-state index >= 15 is 0 Å². The molecule has 2 aromatic rings. The Hall–Kier alpha value is -2.84. The van der Waals surface area contributed by atoms with Crippen LogP contribution in [-0.4, -0.2) is 66.9 Å². The monoisotopic (exact) mass is 498 g/mol. The van der Waals surface area contributed by atoms with Gasteiger partial charge in [0.2, 0.25) is 0 Å². The predicted octanol–water partition coefficient (Wildman–Crippen LogP) is 4.02. The molecule has 36 heavy (non-hydrogen) atoms. The summed E-state index contributed by atoms with van der Waals surface area (Å²) in [6.45, 7) is 16.5. The highest BCUT2D eigenvalue weighted by molar-refractivity contribution is 5.78. The summed E-state index contributed by atoms with van der Waals surface area (Å²) in [5.41, 5.74) is 2.21. The minimum atomic E-state index is -0.0315. The van der Waals surface area contributed by atoms with Crippen molar-refractivity contribution in [2.45, 2.75) is 72.8 Å². The van der Waals surface area contributed by atoms with Crippen molar-refractivity contribution in [2.24, 2.45) is 0 Å². The molecule has 0 aliphatic carbocycles. The average molecular weight is 499 g/mol. The van der Waals surface area contributed by atoms with Crippen LogP contribution in [0.3, 0.4) is 0 Å². The number of nitrogens with zero attached hydrogens (tertiary/aromatic N) is 3. The van der Waals surface area contributed by atoms with Gasteiger partial charge in [-0.1, -0.05) is 12.1 Å². The number of aromatic nitrogens is 1. The van der Waals surface area contributed by atoms with Crippen LogP contribution in [0.25, 0.3) is 0 Å². The van der Waals surface area contributed by atoms with E-state index < -0.39 is 0 Å². The van der Waals surface area contributed by atoms with Gasteiger partial charge in [-0.15, -0.1) is 0 Å². The number of rotatable bonds is 12. The van der Waals surface area contributed by atoms with Gasteiger partial charge in [-0.25, -0.2) is 4.98 Å². The van der Waals surface area contributed by atoms with E-state index in [-0.39, 0.29) is 30.7 Å². The summed E-state index contributed by atoms with van der Waals surface area (Å²) in [5.74, 6) is 2.19. The van der Waals surface area contributed by atoms with E-state index in [1.807, 2.05) is 63.9 Å². The molecule has 1 fully saturated rings. The second-order valence-corrected chi connectivity index (χ2v) is 9.75. The second-order valence-electron chi connectivity index (χ2n) is 9.75. The molecule has 1 aromatic carbocycles. The number of hydrogen-bond donors (Lipinski definition) is 1. The summed E-state index contributed by atoms with van der Waals surface area (Å²) < 4.78 is 17.3. The number of carbonyl (C=O) groups is 1. The molecule has 0 bridgehead atoms. The second kappa shape index (κ2) is 13.5. The molecule has 1 N–H and O–H groups in total. The standard InChI is InChI=1S/C28H42N4O4/c1-7-34-26-14-23(8-10-25(26)36-19-28(33)32(20(2)3)21(4)5)15-29-16-24-9-11-27(30-17-24)31-12-13-35-22(6)18-31/h8-11,14,17,20-22,29H,7,12-13,15-16,18-19H2,1-6H3. The molecule has 3 rings (SSSR count). The van der Waals surface area contributed by atoms with Crippen LogP contribution in [0.4, 0.5) is 5.82 Å². The lowest BCUT2D eigenvalue weighted by Crippen LogP contribution is -2.44. The van der Waals surface area contributed by atoms with Gasteiger partial charge < -0.3 is 29.3 Å². The molecule has 1 unspecified atom stereocenters. The van der Waals surface area contributed by atoms with Gasteiger partial charge >= 0.3 is 0 Å². The summed E-state index contributed by atoms with van der Waals surface area (Å²) in [7, 11) is 0. The number of anilines is 1. The number of morpholine rings is 1.